The molecule has 1 aromatic heterocycles. The average molecular weight is 557 g/mol. The molecule has 1 saturated heterocycles. The summed E-state index contributed by atoms with van der Waals surface area (Å²) in [5.41, 5.74) is 2.37. The third kappa shape index (κ3) is 4.84. The van der Waals surface area contributed by atoms with E-state index >= 15 is 0 Å². The Hall–Kier alpha value is -1.81. The number of amides is 1. The Morgan fingerprint density at radius 3 is 2.68 bits per heavy atom. The lowest BCUT2D eigenvalue weighted by atomic mass is 9.89. The highest BCUT2D eigenvalue weighted by Crippen LogP contribution is 2.44. The summed E-state index contributed by atoms with van der Waals surface area (Å²) in [6.45, 7) is 8.98. The predicted molar refractivity (Wildman–Crippen MR) is 128 cm³/mol. The summed E-state index contributed by atoms with van der Waals surface area (Å²) in [6.07, 6.45) is 2.72. The molecule has 0 bridgehead atoms. The number of hydrogen-bond donors (Lipinski definition) is 1. The zero-order valence-electron chi connectivity index (χ0n) is 18.0. The maximum atomic E-state index is 12.4. The first-order valence-corrected chi connectivity index (χ1v) is 11.8. The number of likely N-dealkylation sites (tertiary alicyclic amines) is 1. The van der Waals surface area contributed by atoms with Crippen molar-refractivity contribution in [3.63, 3.8) is 0 Å². The maximum absolute atomic E-state index is 12.4. The van der Waals surface area contributed by atoms with Gasteiger partial charge in [0.25, 0.3) is 0 Å². The van der Waals surface area contributed by atoms with E-state index in [2.05, 4.69) is 50.0 Å². The molecule has 2 aliphatic rings. The summed E-state index contributed by atoms with van der Waals surface area (Å²) in [5.74, 6) is 1.81. The summed E-state index contributed by atoms with van der Waals surface area (Å²) in [7, 11) is 0. The van der Waals surface area contributed by atoms with Crippen LogP contribution in [-0.2, 0) is 4.74 Å². The van der Waals surface area contributed by atoms with Gasteiger partial charge in [-0.2, -0.15) is 0 Å². The van der Waals surface area contributed by atoms with Gasteiger partial charge >= 0.3 is 6.09 Å². The van der Waals surface area contributed by atoms with Crippen LogP contribution in [0.2, 0.25) is 5.15 Å². The lowest BCUT2D eigenvalue weighted by Gasteiger charge is -2.34. The van der Waals surface area contributed by atoms with Gasteiger partial charge in [0.2, 0.25) is 0 Å². The Morgan fingerprint density at radius 1 is 1.29 bits per heavy atom. The van der Waals surface area contributed by atoms with Crippen LogP contribution in [0.15, 0.2) is 18.5 Å². The van der Waals surface area contributed by atoms with Crippen molar-refractivity contribution in [3.8, 4) is 5.75 Å². The highest BCUT2D eigenvalue weighted by Gasteiger charge is 2.30. The number of nitrogens with zero attached hydrogens (tertiary/aromatic N) is 3. The van der Waals surface area contributed by atoms with Gasteiger partial charge in [0.15, 0.2) is 5.75 Å². The lowest BCUT2D eigenvalue weighted by Crippen LogP contribution is -2.41. The summed E-state index contributed by atoms with van der Waals surface area (Å²) in [5, 5.41) is 3.79. The molecule has 0 saturated carbocycles. The van der Waals surface area contributed by atoms with Crippen LogP contribution in [-0.4, -0.2) is 39.7 Å². The van der Waals surface area contributed by atoms with Crippen molar-refractivity contribution in [2.75, 3.05) is 18.4 Å². The van der Waals surface area contributed by atoms with E-state index in [-0.39, 0.29) is 12.2 Å². The molecule has 1 aromatic carbocycles. The number of benzene rings is 1. The fourth-order valence-electron chi connectivity index (χ4n) is 3.98. The maximum Gasteiger partial charge on any atom is 0.410 e. The van der Waals surface area contributed by atoms with Crippen LogP contribution in [0.3, 0.4) is 0 Å². The summed E-state index contributed by atoms with van der Waals surface area (Å²) in [4.78, 5) is 22.6. The molecule has 1 N–H and O–H groups in total. The number of piperidine rings is 1. The zero-order chi connectivity index (χ0) is 22.3. The van der Waals surface area contributed by atoms with E-state index < -0.39 is 5.60 Å². The van der Waals surface area contributed by atoms with Crippen molar-refractivity contribution in [2.45, 2.75) is 58.2 Å². The largest absolute Gasteiger partial charge is 0.482 e. The van der Waals surface area contributed by atoms with E-state index in [9.17, 15) is 4.79 Å². The third-order valence-corrected chi connectivity index (χ3v) is 6.58. The fraction of sp³-hybridized carbons (Fsp3) is 0.500. The Balaban J connectivity index is 1.54. The standard InChI is InChI=1S/C22H26ClIN4O3/c1-12-17-19(23)25-11-26-20(17)27-16-10-14(9-15(24)18(16)30-12)13-5-7-28(8-6-13)21(29)31-22(2,3)4/h9-13H,5-8H2,1-4H3,(H,25,26,27). The molecule has 4 rings (SSSR count). The monoisotopic (exact) mass is 556 g/mol. The second-order valence-corrected chi connectivity index (χ2v) is 10.5. The van der Waals surface area contributed by atoms with E-state index in [4.69, 9.17) is 21.1 Å². The molecule has 1 fully saturated rings. The van der Waals surface area contributed by atoms with Crippen LogP contribution >= 0.6 is 34.2 Å². The number of carbonyl (C=O) groups is 1. The average Bonchev–Trinajstić information content (AvgIpc) is 2.83. The summed E-state index contributed by atoms with van der Waals surface area (Å²) < 4.78 is 12.8. The first-order valence-electron chi connectivity index (χ1n) is 10.4. The van der Waals surface area contributed by atoms with E-state index in [0.29, 0.717) is 30.0 Å². The van der Waals surface area contributed by atoms with Gasteiger partial charge in [0.1, 0.15) is 29.0 Å². The van der Waals surface area contributed by atoms with Crippen molar-refractivity contribution in [1.29, 1.82) is 0 Å². The minimum Gasteiger partial charge on any atom is -0.482 e. The molecule has 7 nitrogen and oxygen atoms in total. The van der Waals surface area contributed by atoms with Crippen molar-refractivity contribution in [3.05, 3.63) is 38.3 Å². The Morgan fingerprint density at radius 2 is 2.00 bits per heavy atom. The Bertz CT molecular complexity index is 1000. The molecule has 0 spiro atoms. The van der Waals surface area contributed by atoms with Crippen LogP contribution in [0.5, 0.6) is 5.75 Å². The Kier molecular flexibility index (Phi) is 6.22. The second-order valence-electron chi connectivity index (χ2n) is 8.93. The molecular weight excluding hydrogens is 531 g/mol. The smallest absolute Gasteiger partial charge is 0.410 e. The summed E-state index contributed by atoms with van der Waals surface area (Å²) in [6, 6.07) is 4.30. The normalized spacial score (nSPS) is 18.9. The number of anilines is 2. The van der Waals surface area contributed by atoms with Gasteiger partial charge in [-0.15, -0.1) is 0 Å². The summed E-state index contributed by atoms with van der Waals surface area (Å²) >= 11 is 8.62. The van der Waals surface area contributed by atoms with E-state index in [1.807, 2.05) is 27.7 Å². The molecule has 3 heterocycles. The number of hydrogen-bond acceptors (Lipinski definition) is 6. The predicted octanol–water partition coefficient (Wildman–Crippen LogP) is 6.05. The molecule has 0 radical (unpaired) electrons. The molecule has 9 heteroatoms. The van der Waals surface area contributed by atoms with Crippen molar-refractivity contribution in [2.24, 2.45) is 0 Å². The van der Waals surface area contributed by atoms with Crippen LogP contribution in [0.1, 0.15) is 63.7 Å². The molecule has 0 aliphatic carbocycles. The molecule has 31 heavy (non-hydrogen) atoms. The molecule has 166 valence electrons. The van der Waals surface area contributed by atoms with Gasteiger partial charge in [-0.3, -0.25) is 0 Å². The van der Waals surface area contributed by atoms with Gasteiger partial charge in [0.05, 0.1) is 14.8 Å². The molecule has 1 unspecified atom stereocenters. The third-order valence-electron chi connectivity index (χ3n) is 5.47. The number of aromatic nitrogens is 2. The first kappa shape index (κ1) is 22.4. The second kappa shape index (κ2) is 8.61. The first-order chi connectivity index (χ1) is 14.6. The molecule has 1 atom stereocenters. The topological polar surface area (TPSA) is 76.6 Å². The van der Waals surface area contributed by atoms with Gasteiger partial charge < -0.3 is 19.7 Å². The molecule has 1 amide bonds. The van der Waals surface area contributed by atoms with Crippen LogP contribution in [0, 0.1) is 3.57 Å². The minimum absolute atomic E-state index is 0.236. The molecular formula is C22H26ClIN4O3. The van der Waals surface area contributed by atoms with Crippen LogP contribution in [0.4, 0.5) is 16.3 Å². The number of halogens is 2. The molecule has 2 aliphatic heterocycles. The number of rotatable bonds is 1. The van der Waals surface area contributed by atoms with E-state index in [1.54, 1.807) is 4.90 Å². The van der Waals surface area contributed by atoms with Crippen LogP contribution < -0.4 is 10.1 Å². The SMILES string of the molecule is CC1Oc2c(I)cc(C3CCN(C(=O)OC(C)(C)C)CC3)cc2Nc2ncnc(Cl)c21. The number of carbonyl (C=O) groups excluding carboxylic acids is 1. The van der Waals surface area contributed by atoms with Gasteiger partial charge in [0, 0.05) is 13.1 Å². The molecule has 2 aromatic rings. The number of fused-ring (bicyclic) bond motifs is 2. The van der Waals surface area contributed by atoms with Crippen molar-refractivity contribution >= 4 is 51.8 Å². The fourth-order valence-corrected chi connectivity index (χ4v) is 5.05. The van der Waals surface area contributed by atoms with Gasteiger partial charge in [-0.25, -0.2) is 14.8 Å². The Labute approximate surface area is 201 Å². The van der Waals surface area contributed by atoms with Gasteiger partial charge in [-0.1, -0.05) is 11.6 Å². The van der Waals surface area contributed by atoms with Crippen molar-refractivity contribution in [1.82, 2.24) is 14.9 Å². The minimum atomic E-state index is -0.480. The van der Waals surface area contributed by atoms with Crippen molar-refractivity contribution < 1.29 is 14.3 Å². The van der Waals surface area contributed by atoms with Crippen LogP contribution in [0.25, 0.3) is 0 Å². The lowest BCUT2D eigenvalue weighted by molar-refractivity contribution is 0.0205. The quantitative estimate of drug-likeness (QED) is 0.341. The number of ether oxygens (including phenoxy) is 2. The van der Waals surface area contributed by atoms with E-state index in [1.165, 1.54) is 11.9 Å². The zero-order valence-corrected chi connectivity index (χ0v) is 21.0. The van der Waals surface area contributed by atoms with E-state index in [0.717, 1.165) is 33.4 Å². The van der Waals surface area contributed by atoms with Gasteiger partial charge in [-0.05, 0) is 86.7 Å². The number of nitrogens with one attached hydrogen (secondary N) is 1. The highest BCUT2D eigenvalue weighted by molar-refractivity contribution is 14.1. The highest BCUT2D eigenvalue weighted by atomic mass is 127.